The fraction of sp³-hybridized carbons (Fsp3) is 0.750. The van der Waals surface area contributed by atoms with Gasteiger partial charge >= 0.3 is 5.97 Å². The van der Waals surface area contributed by atoms with Gasteiger partial charge in [-0.15, -0.1) is 0 Å². The van der Waals surface area contributed by atoms with Crippen molar-refractivity contribution >= 4 is 35.5 Å². The number of aliphatic hydroxyl groups is 2. The highest BCUT2D eigenvalue weighted by Gasteiger charge is 2.33. The molecule has 17 nitrogen and oxygen atoms in total. The van der Waals surface area contributed by atoms with Crippen molar-refractivity contribution in [3.05, 3.63) is 0 Å². The molecule has 17 heteroatoms. The molecule has 0 aliphatic rings. The zero-order valence-corrected chi connectivity index (χ0v) is 23.3. The Bertz CT molecular complexity index is 874. The second-order valence-corrected chi connectivity index (χ2v) is 9.61. The maximum absolute atomic E-state index is 13.2. The third-order valence-electron chi connectivity index (χ3n) is 6.06. The summed E-state index contributed by atoms with van der Waals surface area (Å²) in [7, 11) is 0. The fourth-order valence-corrected chi connectivity index (χ4v) is 3.61. The number of aliphatic hydroxyl groups excluding tert-OH is 2. The number of carbonyl (C=O) groups excluding carboxylic acids is 5. The molecular formula is C24H46N8O9. The van der Waals surface area contributed by atoms with Crippen LogP contribution in [0.4, 0.5) is 0 Å². The molecule has 0 aromatic carbocycles. The third-order valence-corrected chi connectivity index (χ3v) is 6.06. The van der Waals surface area contributed by atoms with Gasteiger partial charge in [0.25, 0.3) is 0 Å². The standard InChI is InChI=1S/C24H46N8O9/c1-13(34)19(23(39)31-17(12-33)24(40)41)32-22(38)15(7-3-5-11-26)30-21(37)16(8-9-18(28)35)29-20(36)14(27)6-2-4-10-25/h13-17,19,33-34H,2-12,25-27H2,1H3,(H2,28,35)(H,29,36)(H,30,37)(H,31,39)(H,32,38)(H,40,41)/t13-,14+,15+,16+,17+,19+/m1/s1. The molecule has 0 aliphatic heterocycles. The van der Waals surface area contributed by atoms with Gasteiger partial charge in [0.1, 0.15) is 24.2 Å². The van der Waals surface area contributed by atoms with Crippen molar-refractivity contribution in [2.45, 2.75) is 94.6 Å². The van der Waals surface area contributed by atoms with E-state index in [1.165, 1.54) is 6.92 Å². The first kappa shape index (κ1) is 37.6. The van der Waals surface area contributed by atoms with Crippen LogP contribution < -0.4 is 44.2 Å². The fourth-order valence-electron chi connectivity index (χ4n) is 3.61. The first-order valence-electron chi connectivity index (χ1n) is 13.5. The molecule has 0 heterocycles. The molecule has 15 N–H and O–H groups in total. The number of unbranched alkanes of at least 4 members (excludes halogenated alkanes) is 2. The minimum absolute atomic E-state index is 0.0480. The first-order chi connectivity index (χ1) is 19.3. The number of hydrogen-bond donors (Lipinski definition) is 11. The molecule has 0 bridgehead atoms. The average molecular weight is 591 g/mol. The van der Waals surface area contributed by atoms with Crippen molar-refractivity contribution < 1.29 is 44.1 Å². The smallest absolute Gasteiger partial charge is 0.328 e. The van der Waals surface area contributed by atoms with Crippen LogP contribution in [0.3, 0.4) is 0 Å². The maximum atomic E-state index is 13.2. The molecule has 0 saturated heterocycles. The lowest BCUT2D eigenvalue weighted by atomic mass is 10.0. The van der Waals surface area contributed by atoms with E-state index in [0.29, 0.717) is 38.6 Å². The molecule has 0 aromatic rings. The largest absolute Gasteiger partial charge is 0.480 e. The van der Waals surface area contributed by atoms with Gasteiger partial charge in [0.05, 0.1) is 18.8 Å². The van der Waals surface area contributed by atoms with E-state index in [1.807, 2.05) is 5.32 Å². The van der Waals surface area contributed by atoms with E-state index in [9.17, 15) is 33.9 Å². The Labute approximate surface area is 238 Å². The van der Waals surface area contributed by atoms with Crippen LogP contribution in [0.5, 0.6) is 0 Å². The monoisotopic (exact) mass is 590 g/mol. The number of primary amides is 1. The van der Waals surface area contributed by atoms with Gasteiger partial charge in [0.2, 0.25) is 29.5 Å². The summed E-state index contributed by atoms with van der Waals surface area (Å²) in [6.07, 6.45) is 0.500. The number of aliphatic carboxylic acids is 1. The molecule has 0 spiro atoms. The number of amides is 5. The molecule has 0 rings (SSSR count). The number of hydrogen-bond acceptors (Lipinski definition) is 11. The van der Waals surface area contributed by atoms with Gasteiger partial charge in [-0.05, 0) is 58.5 Å². The molecule has 0 aliphatic carbocycles. The summed E-state index contributed by atoms with van der Waals surface area (Å²) >= 11 is 0. The normalized spacial score (nSPS) is 15.4. The molecule has 0 aromatic heterocycles. The van der Waals surface area contributed by atoms with E-state index in [2.05, 4.69) is 16.0 Å². The maximum Gasteiger partial charge on any atom is 0.328 e. The minimum atomic E-state index is -1.68. The van der Waals surface area contributed by atoms with Crippen LogP contribution >= 0.6 is 0 Å². The summed E-state index contributed by atoms with van der Waals surface area (Å²) in [6, 6.07) is -6.83. The zero-order valence-electron chi connectivity index (χ0n) is 23.3. The number of carbonyl (C=O) groups is 6. The number of rotatable bonds is 22. The molecule has 6 atom stereocenters. The lowest BCUT2D eigenvalue weighted by molar-refractivity contribution is -0.144. The Kier molecular flexibility index (Phi) is 18.8. The Morgan fingerprint density at radius 1 is 0.707 bits per heavy atom. The number of nitrogens with two attached hydrogens (primary N) is 4. The van der Waals surface area contributed by atoms with Crippen LogP contribution in [0.25, 0.3) is 0 Å². The van der Waals surface area contributed by atoms with Crippen molar-refractivity contribution in [1.82, 2.24) is 21.3 Å². The zero-order chi connectivity index (χ0) is 31.5. The molecule has 0 saturated carbocycles. The van der Waals surface area contributed by atoms with Gasteiger partial charge in [0.15, 0.2) is 0 Å². The second kappa shape index (κ2) is 20.5. The first-order valence-corrected chi connectivity index (χ1v) is 13.5. The van der Waals surface area contributed by atoms with E-state index in [-0.39, 0.29) is 25.8 Å². The lowest BCUT2D eigenvalue weighted by Gasteiger charge is -2.27. The quantitative estimate of drug-likeness (QED) is 0.0529. The van der Waals surface area contributed by atoms with Crippen molar-refractivity contribution in [2.24, 2.45) is 22.9 Å². The number of nitrogens with one attached hydrogen (secondary N) is 4. The van der Waals surface area contributed by atoms with Gasteiger partial charge in [-0.25, -0.2) is 4.79 Å². The highest BCUT2D eigenvalue weighted by atomic mass is 16.4. The predicted octanol–water partition coefficient (Wildman–Crippen LogP) is -4.77. The van der Waals surface area contributed by atoms with Crippen molar-refractivity contribution in [2.75, 3.05) is 19.7 Å². The molecule has 41 heavy (non-hydrogen) atoms. The van der Waals surface area contributed by atoms with Gasteiger partial charge in [-0.2, -0.15) is 0 Å². The number of carboxylic acids is 1. The van der Waals surface area contributed by atoms with E-state index >= 15 is 0 Å². The van der Waals surface area contributed by atoms with Gasteiger partial charge < -0.3 is 59.5 Å². The second-order valence-electron chi connectivity index (χ2n) is 9.61. The SMILES string of the molecule is C[C@@H](O)[C@H](NC(=O)[C@H](CCCCN)NC(=O)[C@H](CCC(N)=O)NC(=O)[C@@H](N)CCCCN)C(=O)N[C@@H](CO)C(=O)O. The molecule has 0 fully saturated rings. The highest BCUT2D eigenvalue weighted by molar-refractivity contribution is 5.95. The van der Waals surface area contributed by atoms with Crippen LogP contribution in [-0.4, -0.2) is 107 Å². The Morgan fingerprint density at radius 2 is 1.20 bits per heavy atom. The van der Waals surface area contributed by atoms with Gasteiger partial charge in [-0.3, -0.25) is 24.0 Å². The van der Waals surface area contributed by atoms with Crippen LogP contribution in [0.15, 0.2) is 0 Å². The summed E-state index contributed by atoms with van der Waals surface area (Å²) in [4.78, 5) is 74.0. The van der Waals surface area contributed by atoms with Crippen LogP contribution in [-0.2, 0) is 28.8 Å². The Hall–Kier alpha value is -3.38. The minimum Gasteiger partial charge on any atom is -0.480 e. The van der Waals surface area contributed by atoms with E-state index in [4.69, 9.17) is 33.1 Å². The van der Waals surface area contributed by atoms with Crippen molar-refractivity contribution in [1.29, 1.82) is 0 Å². The Balaban J connectivity index is 5.77. The van der Waals surface area contributed by atoms with Crippen molar-refractivity contribution in [3.8, 4) is 0 Å². The van der Waals surface area contributed by atoms with E-state index in [1.54, 1.807) is 0 Å². The van der Waals surface area contributed by atoms with E-state index < -0.39 is 78.4 Å². The summed E-state index contributed by atoms with van der Waals surface area (Å²) in [6.45, 7) is 0.949. The topological polar surface area (TPSA) is 315 Å². The lowest BCUT2D eigenvalue weighted by Crippen LogP contribution is -2.60. The average Bonchev–Trinajstić information content (AvgIpc) is 2.91. The van der Waals surface area contributed by atoms with Crippen LogP contribution in [0.2, 0.25) is 0 Å². The van der Waals surface area contributed by atoms with Crippen LogP contribution in [0, 0.1) is 0 Å². The van der Waals surface area contributed by atoms with Gasteiger partial charge in [0, 0.05) is 6.42 Å². The predicted molar refractivity (Wildman–Crippen MR) is 146 cm³/mol. The van der Waals surface area contributed by atoms with Crippen LogP contribution in [0.1, 0.15) is 58.3 Å². The summed E-state index contributed by atoms with van der Waals surface area (Å²) < 4.78 is 0. The molecule has 0 unspecified atom stereocenters. The van der Waals surface area contributed by atoms with E-state index in [0.717, 1.165) is 0 Å². The molecule has 0 radical (unpaired) electrons. The summed E-state index contributed by atoms with van der Waals surface area (Å²) in [5, 5.41) is 37.5. The Morgan fingerprint density at radius 3 is 1.68 bits per heavy atom. The summed E-state index contributed by atoms with van der Waals surface area (Å²) in [5.41, 5.74) is 22.1. The molecule has 5 amide bonds. The summed E-state index contributed by atoms with van der Waals surface area (Å²) in [5.74, 6) is -5.73. The number of carboxylic acid groups (broad SMARTS) is 1. The molecular weight excluding hydrogens is 544 g/mol. The molecule has 236 valence electrons. The van der Waals surface area contributed by atoms with Crippen molar-refractivity contribution in [3.63, 3.8) is 0 Å². The van der Waals surface area contributed by atoms with Gasteiger partial charge in [-0.1, -0.05) is 6.42 Å². The third kappa shape index (κ3) is 15.3. The highest BCUT2D eigenvalue weighted by Crippen LogP contribution is 2.07.